The molecule has 0 unspecified atom stereocenters. The number of carbonyl (C=O) groups excluding carboxylic acids is 1. The zero-order valence-corrected chi connectivity index (χ0v) is 24.0. The number of methoxy groups -OCH3 is 1. The van der Waals surface area contributed by atoms with Crippen LogP contribution < -0.4 is 24.3 Å². The van der Waals surface area contributed by atoms with Crippen LogP contribution in [0.1, 0.15) is 70.2 Å². The van der Waals surface area contributed by atoms with Crippen LogP contribution in [0.25, 0.3) is 11.1 Å². The third-order valence-electron chi connectivity index (χ3n) is 7.14. The van der Waals surface area contributed by atoms with Crippen molar-refractivity contribution in [3.05, 3.63) is 77.6 Å². The molecule has 0 saturated heterocycles. The monoisotopic (exact) mass is 542 g/mol. The van der Waals surface area contributed by atoms with Gasteiger partial charge in [-0.2, -0.15) is 0 Å². The molecule has 2 aliphatic heterocycles. The minimum atomic E-state index is -0.380. The topological polar surface area (TPSA) is 78.9 Å². The summed E-state index contributed by atoms with van der Waals surface area (Å²) >= 11 is 0. The molecule has 0 radical (unpaired) electrons. The van der Waals surface area contributed by atoms with E-state index in [1.165, 1.54) is 11.1 Å². The van der Waals surface area contributed by atoms with Crippen LogP contribution in [0.5, 0.6) is 23.0 Å². The number of fused-ring (bicyclic) bond motifs is 2. The minimum Gasteiger partial charge on any atom is -0.497 e. The Morgan fingerprint density at radius 1 is 0.900 bits per heavy atom. The third-order valence-corrected chi connectivity index (χ3v) is 7.14. The number of nitrogens with one attached hydrogen (secondary N) is 1. The van der Waals surface area contributed by atoms with Crippen molar-refractivity contribution in [1.29, 1.82) is 0 Å². The number of hydrogen-bond acceptors (Lipinski definition) is 6. The molecule has 7 nitrogen and oxygen atoms in total. The lowest BCUT2D eigenvalue weighted by Gasteiger charge is -2.39. The molecule has 0 bridgehead atoms. The SMILES string of the molecule is COc1ccc2c(c1)OC(C)(C)C/C2=C1/CC(C)(C)Oc2cc(OCCCC(=O)NCc3ccccn3)ccc21. The molecule has 5 rings (SSSR count). The highest BCUT2D eigenvalue weighted by molar-refractivity contribution is 5.96. The number of pyridine rings is 1. The van der Waals surface area contributed by atoms with Crippen molar-refractivity contribution < 1.29 is 23.7 Å². The summed E-state index contributed by atoms with van der Waals surface area (Å²) < 4.78 is 24.3. The molecule has 3 aromatic rings. The zero-order chi connectivity index (χ0) is 28.3. The van der Waals surface area contributed by atoms with Gasteiger partial charge < -0.3 is 24.3 Å². The van der Waals surface area contributed by atoms with Crippen LogP contribution >= 0.6 is 0 Å². The lowest BCUT2D eigenvalue weighted by molar-refractivity contribution is -0.121. The van der Waals surface area contributed by atoms with Crippen molar-refractivity contribution >= 4 is 17.1 Å². The Morgan fingerprint density at radius 2 is 1.52 bits per heavy atom. The van der Waals surface area contributed by atoms with Crippen LogP contribution in [0.3, 0.4) is 0 Å². The van der Waals surface area contributed by atoms with Gasteiger partial charge in [-0.3, -0.25) is 9.78 Å². The average Bonchev–Trinajstić information content (AvgIpc) is 2.92. The summed E-state index contributed by atoms with van der Waals surface area (Å²) in [5.74, 6) is 3.14. The molecule has 0 aliphatic carbocycles. The maximum absolute atomic E-state index is 12.2. The van der Waals surface area contributed by atoms with Crippen molar-refractivity contribution in [3.63, 3.8) is 0 Å². The second kappa shape index (κ2) is 11.2. The molecule has 1 aromatic heterocycles. The van der Waals surface area contributed by atoms with Gasteiger partial charge in [-0.15, -0.1) is 0 Å². The summed E-state index contributed by atoms with van der Waals surface area (Å²) in [5.41, 5.74) is 4.83. The summed E-state index contributed by atoms with van der Waals surface area (Å²) in [6.07, 6.45) is 4.29. The molecule has 40 heavy (non-hydrogen) atoms. The fourth-order valence-electron chi connectivity index (χ4n) is 5.34. The van der Waals surface area contributed by atoms with Crippen LogP contribution in [-0.2, 0) is 11.3 Å². The first kappa shape index (κ1) is 27.6. The molecule has 0 fully saturated rings. The molecule has 1 N–H and O–H groups in total. The van der Waals surface area contributed by atoms with Crippen LogP contribution in [0.15, 0.2) is 60.8 Å². The molecular weight excluding hydrogens is 504 g/mol. The second-order valence-corrected chi connectivity index (χ2v) is 11.6. The quantitative estimate of drug-likeness (QED) is 0.323. The number of carbonyl (C=O) groups is 1. The van der Waals surface area contributed by atoms with Gasteiger partial charge in [0.1, 0.15) is 34.2 Å². The second-order valence-electron chi connectivity index (χ2n) is 11.6. The van der Waals surface area contributed by atoms with E-state index in [0.717, 1.165) is 52.7 Å². The van der Waals surface area contributed by atoms with Gasteiger partial charge in [-0.05, 0) is 81.7 Å². The van der Waals surface area contributed by atoms with Crippen molar-refractivity contribution in [3.8, 4) is 23.0 Å². The normalized spacial score (nSPS) is 18.4. The van der Waals surface area contributed by atoms with Gasteiger partial charge >= 0.3 is 0 Å². The van der Waals surface area contributed by atoms with Crippen LogP contribution in [0, 0.1) is 0 Å². The molecule has 210 valence electrons. The van der Waals surface area contributed by atoms with Crippen LogP contribution in [0.4, 0.5) is 0 Å². The zero-order valence-electron chi connectivity index (χ0n) is 24.0. The van der Waals surface area contributed by atoms with Crippen molar-refractivity contribution in [2.75, 3.05) is 13.7 Å². The summed E-state index contributed by atoms with van der Waals surface area (Å²) in [6, 6.07) is 17.8. The molecule has 2 aliphatic rings. The van der Waals surface area contributed by atoms with Crippen LogP contribution in [0.2, 0.25) is 0 Å². The number of benzene rings is 2. The number of nitrogens with zero attached hydrogens (tertiary/aromatic N) is 1. The van der Waals surface area contributed by atoms with Crippen LogP contribution in [-0.4, -0.2) is 35.8 Å². The van der Waals surface area contributed by atoms with Gasteiger partial charge in [0.25, 0.3) is 0 Å². The Hall–Kier alpha value is -4.00. The average molecular weight is 543 g/mol. The lowest BCUT2D eigenvalue weighted by atomic mass is 9.79. The lowest BCUT2D eigenvalue weighted by Crippen LogP contribution is -2.35. The number of rotatable bonds is 8. The predicted octanol–water partition coefficient (Wildman–Crippen LogP) is 6.60. The Balaban J connectivity index is 1.31. The van der Waals surface area contributed by atoms with Gasteiger partial charge in [-0.25, -0.2) is 0 Å². The summed E-state index contributed by atoms with van der Waals surface area (Å²) in [7, 11) is 1.67. The fraction of sp³-hybridized carbons (Fsp3) is 0.394. The summed E-state index contributed by atoms with van der Waals surface area (Å²) in [5, 5.41) is 2.90. The molecule has 2 aromatic carbocycles. The van der Waals surface area contributed by atoms with E-state index in [1.807, 2.05) is 42.5 Å². The van der Waals surface area contributed by atoms with Gasteiger partial charge in [0.15, 0.2) is 0 Å². The maximum atomic E-state index is 12.2. The molecule has 0 atom stereocenters. The molecule has 7 heteroatoms. The van der Waals surface area contributed by atoms with Gasteiger partial charge in [0, 0.05) is 48.7 Å². The number of ether oxygens (including phenoxy) is 4. The highest BCUT2D eigenvalue weighted by Gasteiger charge is 2.37. The van der Waals surface area contributed by atoms with Crippen molar-refractivity contribution in [2.24, 2.45) is 0 Å². The first-order chi connectivity index (χ1) is 19.1. The molecule has 0 spiro atoms. The molecular formula is C33H38N2O5. The summed E-state index contributed by atoms with van der Waals surface area (Å²) in [4.78, 5) is 16.4. The minimum absolute atomic E-state index is 0.0154. The Kier molecular flexibility index (Phi) is 7.74. The Labute approximate surface area is 236 Å². The van der Waals surface area contributed by atoms with E-state index in [-0.39, 0.29) is 17.1 Å². The van der Waals surface area contributed by atoms with E-state index in [4.69, 9.17) is 18.9 Å². The first-order valence-corrected chi connectivity index (χ1v) is 13.8. The Morgan fingerprint density at radius 3 is 2.12 bits per heavy atom. The van der Waals surface area contributed by atoms with Gasteiger partial charge in [-0.1, -0.05) is 6.07 Å². The number of amides is 1. The van der Waals surface area contributed by atoms with E-state index in [0.29, 0.717) is 26.0 Å². The predicted molar refractivity (Wildman–Crippen MR) is 156 cm³/mol. The van der Waals surface area contributed by atoms with Gasteiger partial charge in [0.05, 0.1) is 26.0 Å². The van der Waals surface area contributed by atoms with Crippen molar-refractivity contribution in [1.82, 2.24) is 10.3 Å². The van der Waals surface area contributed by atoms with E-state index in [2.05, 4.69) is 50.1 Å². The molecule has 1 amide bonds. The van der Waals surface area contributed by atoms with E-state index >= 15 is 0 Å². The van der Waals surface area contributed by atoms with E-state index in [1.54, 1.807) is 13.3 Å². The standard InChI is InChI=1S/C33H38N2O5/c1-32(2)19-27(25-13-11-23(37-5)17-29(25)39-32)28-20-33(3,4)40-30-18-24(12-14-26(28)30)38-16-8-10-31(36)35-21-22-9-6-7-15-34-22/h6-7,9,11-15,17-18H,8,10,16,19-21H2,1-5H3,(H,35,36)/b28-27+. The molecule has 3 heterocycles. The Bertz CT molecular complexity index is 1410. The highest BCUT2D eigenvalue weighted by atomic mass is 16.5. The van der Waals surface area contributed by atoms with Crippen molar-refractivity contribution in [2.45, 2.75) is 71.1 Å². The first-order valence-electron chi connectivity index (χ1n) is 13.8. The third kappa shape index (κ3) is 6.41. The summed E-state index contributed by atoms with van der Waals surface area (Å²) in [6.45, 7) is 9.35. The number of hydrogen-bond donors (Lipinski definition) is 1. The largest absolute Gasteiger partial charge is 0.497 e. The number of aromatic nitrogens is 1. The maximum Gasteiger partial charge on any atom is 0.220 e. The molecule has 0 saturated carbocycles. The van der Waals surface area contributed by atoms with E-state index < -0.39 is 0 Å². The highest BCUT2D eigenvalue weighted by Crippen LogP contribution is 2.50. The smallest absolute Gasteiger partial charge is 0.220 e. The van der Waals surface area contributed by atoms with E-state index in [9.17, 15) is 4.79 Å². The van der Waals surface area contributed by atoms with Gasteiger partial charge in [0.2, 0.25) is 5.91 Å². The fourth-order valence-corrected chi connectivity index (χ4v) is 5.34.